The maximum absolute atomic E-state index is 5.41. The van der Waals surface area contributed by atoms with Gasteiger partial charge >= 0.3 is 0 Å². The van der Waals surface area contributed by atoms with Gasteiger partial charge in [0.25, 0.3) is 0 Å². The molecule has 1 unspecified atom stereocenters. The van der Waals surface area contributed by atoms with Gasteiger partial charge in [-0.3, -0.25) is 0 Å². The lowest BCUT2D eigenvalue weighted by molar-refractivity contribution is 0.229. The summed E-state index contributed by atoms with van der Waals surface area (Å²) in [4.78, 5) is 0. The molecule has 0 aromatic carbocycles. The van der Waals surface area contributed by atoms with Crippen molar-refractivity contribution in [3.8, 4) is 0 Å². The fourth-order valence-corrected chi connectivity index (χ4v) is 2.19. The van der Waals surface area contributed by atoms with Crippen LogP contribution in [0.15, 0.2) is 23.5 Å². The summed E-state index contributed by atoms with van der Waals surface area (Å²) in [6.45, 7) is 5.15. The van der Waals surface area contributed by atoms with Gasteiger partial charge in [-0.15, -0.1) is 0 Å². The van der Waals surface area contributed by atoms with Crippen LogP contribution in [0.1, 0.15) is 26.7 Å². The largest absolute Gasteiger partial charge is 0.501 e. The second-order valence-corrected chi connectivity index (χ2v) is 4.25. The molecule has 1 aliphatic rings. The van der Waals surface area contributed by atoms with E-state index in [1.807, 2.05) is 0 Å². The first-order valence-corrected chi connectivity index (χ1v) is 5.63. The minimum absolute atomic E-state index is 0.477. The Balaban J connectivity index is 2.76. The van der Waals surface area contributed by atoms with Crippen molar-refractivity contribution < 1.29 is 9.47 Å². The number of allylic oxidation sites excluding steroid dienone is 2. The molecule has 0 saturated heterocycles. The van der Waals surface area contributed by atoms with Gasteiger partial charge in [-0.1, -0.05) is 25.5 Å². The summed E-state index contributed by atoms with van der Waals surface area (Å²) < 4.78 is 10.5. The lowest BCUT2D eigenvalue weighted by Crippen LogP contribution is -2.11. The van der Waals surface area contributed by atoms with E-state index in [9.17, 15) is 0 Å². The molecule has 1 rings (SSSR count). The normalized spacial score (nSPS) is 22.1. The van der Waals surface area contributed by atoms with Gasteiger partial charge in [-0.25, -0.2) is 0 Å². The first-order chi connectivity index (χ1) is 7.20. The molecular formula is C13H22O2. The predicted molar refractivity (Wildman–Crippen MR) is 62.6 cm³/mol. The lowest BCUT2D eigenvalue weighted by atomic mass is 9.88. The van der Waals surface area contributed by atoms with E-state index in [0.29, 0.717) is 18.4 Å². The van der Waals surface area contributed by atoms with Crippen LogP contribution in [0, 0.1) is 11.8 Å². The van der Waals surface area contributed by atoms with Gasteiger partial charge < -0.3 is 9.47 Å². The second-order valence-electron chi connectivity index (χ2n) is 4.25. The van der Waals surface area contributed by atoms with E-state index in [1.54, 1.807) is 14.2 Å². The van der Waals surface area contributed by atoms with Crippen molar-refractivity contribution in [1.82, 2.24) is 0 Å². The third-order valence-corrected chi connectivity index (χ3v) is 2.93. The third kappa shape index (κ3) is 3.10. The second kappa shape index (κ2) is 5.96. The maximum atomic E-state index is 5.41. The Bertz CT molecular complexity index is 251. The van der Waals surface area contributed by atoms with Crippen LogP contribution in [0.5, 0.6) is 0 Å². The number of rotatable bonds is 5. The van der Waals surface area contributed by atoms with E-state index in [2.05, 4.69) is 26.0 Å². The van der Waals surface area contributed by atoms with Crippen LogP contribution >= 0.6 is 0 Å². The Morgan fingerprint density at radius 3 is 2.80 bits per heavy atom. The first-order valence-electron chi connectivity index (χ1n) is 5.63. The summed E-state index contributed by atoms with van der Waals surface area (Å²) >= 11 is 0. The molecule has 0 heterocycles. The van der Waals surface area contributed by atoms with Crippen molar-refractivity contribution in [3.63, 3.8) is 0 Å². The SMILES string of the molecule is COC/C=C(\C(C)C)C1CCC=C1OC. The minimum atomic E-state index is 0.477. The van der Waals surface area contributed by atoms with Crippen molar-refractivity contribution in [1.29, 1.82) is 0 Å². The molecule has 0 saturated carbocycles. The number of hydrogen-bond acceptors (Lipinski definition) is 2. The molecular weight excluding hydrogens is 188 g/mol. The van der Waals surface area contributed by atoms with Gasteiger partial charge in [0.05, 0.1) is 19.5 Å². The van der Waals surface area contributed by atoms with Crippen LogP contribution in [-0.4, -0.2) is 20.8 Å². The molecule has 0 radical (unpaired) electrons. The zero-order valence-corrected chi connectivity index (χ0v) is 10.2. The fraction of sp³-hybridized carbons (Fsp3) is 0.692. The Morgan fingerprint density at radius 1 is 1.53 bits per heavy atom. The Kier molecular flexibility index (Phi) is 4.89. The molecule has 0 spiro atoms. The van der Waals surface area contributed by atoms with Gasteiger partial charge in [0.2, 0.25) is 0 Å². The van der Waals surface area contributed by atoms with Crippen LogP contribution in [-0.2, 0) is 9.47 Å². The standard InChI is InChI=1S/C13H22O2/c1-10(2)11(8-9-14-3)12-6-5-7-13(12)15-4/h7-8,10,12H,5-6,9H2,1-4H3/b11-8+. The van der Waals surface area contributed by atoms with E-state index in [4.69, 9.17) is 9.47 Å². The molecule has 2 heteroatoms. The van der Waals surface area contributed by atoms with E-state index < -0.39 is 0 Å². The summed E-state index contributed by atoms with van der Waals surface area (Å²) in [6, 6.07) is 0. The zero-order valence-electron chi connectivity index (χ0n) is 10.2. The van der Waals surface area contributed by atoms with E-state index in [1.165, 1.54) is 12.0 Å². The van der Waals surface area contributed by atoms with Crippen molar-refractivity contribution >= 4 is 0 Å². The summed E-state index contributed by atoms with van der Waals surface area (Å²) in [5.74, 6) is 2.16. The lowest BCUT2D eigenvalue weighted by Gasteiger charge is -2.21. The Morgan fingerprint density at radius 2 is 2.27 bits per heavy atom. The van der Waals surface area contributed by atoms with E-state index in [0.717, 1.165) is 12.2 Å². The number of methoxy groups -OCH3 is 2. The van der Waals surface area contributed by atoms with E-state index in [-0.39, 0.29) is 0 Å². The summed E-state index contributed by atoms with van der Waals surface area (Å²) in [5.41, 5.74) is 1.45. The molecule has 86 valence electrons. The average molecular weight is 210 g/mol. The molecule has 0 N–H and O–H groups in total. The van der Waals surface area contributed by atoms with Crippen LogP contribution in [0.2, 0.25) is 0 Å². The van der Waals surface area contributed by atoms with Gasteiger partial charge in [0, 0.05) is 13.0 Å². The summed E-state index contributed by atoms with van der Waals surface area (Å²) in [7, 11) is 3.49. The molecule has 0 aliphatic heterocycles. The van der Waals surface area contributed by atoms with Crippen molar-refractivity contribution in [2.24, 2.45) is 11.8 Å². The highest BCUT2D eigenvalue weighted by Crippen LogP contribution is 2.35. The van der Waals surface area contributed by atoms with Gasteiger partial charge in [-0.2, -0.15) is 0 Å². The average Bonchev–Trinajstić information content (AvgIpc) is 2.66. The van der Waals surface area contributed by atoms with Crippen molar-refractivity contribution in [2.75, 3.05) is 20.8 Å². The Hall–Kier alpha value is -0.760. The fourth-order valence-electron chi connectivity index (χ4n) is 2.19. The molecule has 0 amide bonds. The van der Waals surface area contributed by atoms with Crippen LogP contribution in [0.25, 0.3) is 0 Å². The summed E-state index contributed by atoms with van der Waals surface area (Å²) in [5, 5.41) is 0. The molecule has 0 bridgehead atoms. The Labute approximate surface area is 93.0 Å². The smallest absolute Gasteiger partial charge is 0.0987 e. The highest BCUT2D eigenvalue weighted by molar-refractivity contribution is 5.23. The minimum Gasteiger partial charge on any atom is -0.501 e. The maximum Gasteiger partial charge on any atom is 0.0987 e. The van der Waals surface area contributed by atoms with Crippen molar-refractivity contribution in [3.05, 3.63) is 23.5 Å². The molecule has 0 aromatic heterocycles. The number of ether oxygens (including phenoxy) is 2. The highest BCUT2D eigenvalue weighted by Gasteiger charge is 2.25. The van der Waals surface area contributed by atoms with Gasteiger partial charge in [0.15, 0.2) is 0 Å². The number of hydrogen-bond donors (Lipinski definition) is 0. The summed E-state index contributed by atoms with van der Waals surface area (Å²) in [6.07, 6.45) is 6.71. The highest BCUT2D eigenvalue weighted by atomic mass is 16.5. The topological polar surface area (TPSA) is 18.5 Å². The zero-order chi connectivity index (χ0) is 11.3. The molecule has 15 heavy (non-hydrogen) atoms. The predicted octanol–water partition coefficient (Wildman–Crippen LogP) is 3.16. The van der Waals surface area contributed by atoms with E-state index >= 15 is 0 Å². The third-order valence-electron chi connectivity index (χ3n) is 2.93. The van der Waals surface area contributed by atoms with Gasteiger partial charge in [-0.05, 0) is 24.8 Å². The molecule has 1 atom stereocenters. The van der Waals surface area contributed by atoms with Gasteiger partial charge in [0.1, 0.15) is 0 Å². The first kappa shape index (κ1) is 12.3. The molecule has 0 fully saturated rings. The quantitative estimate of drug-likeness (QED) is 0.649. The molecule has 0 aromatic rings. The van der Waals surface area contributed by atoms with Crippen LogP contribution < -0.4 is 0 Å². The van der Waals surface area contributed by atoms with Crippen LogP contribution in [0.3, 0.4) is 0 Å². The van der Waals surface area contributed by atoms with Crippen LogP contribution in [0.4, 0.5) is 0 Å². The molecule has 2 nitrogen and oxygen atoms in total. The monoisotopic (exact) mass is 210 g/mol. The van der Waals surface area contributed by atoms with Crippen molar-refractivity contribution in [2.45, 2.75) is 26.7 Å². The molecule has 1 aliphatic carbocycles.